The molecule has 6 heteroatoms. The van der Waals surface area contributed by atoms with Crippen molar-refractivity contribution in [3.8, 4) is 17.4 Å². The highest BCUT2D eigenvalue weighted by Crippen LogP contribution is 2.22. The van der Waals surface area contributed by atoms with Gasteiger partial charge in [0.25, 0.3) is 5.91 Å². The number of aromatic nitrogens is 1. The monoisotopic (exact) mass is 389 g/mol. The summed E-state index contributed by atoms with van der Waals surface area (Å²) in [7, 11) is 0. The Bertz CT molecular complexity index is 909. The van der Waals surface area contributed by atoms with Crippen LogP contribution in [0.2, 0.25) is 0 Å². The summed E-state index contributed by atoms with van der Waals surface area (Å²) in [6.07, 6.45) is 1.68. The van der Waals surface area contributed by atoms with Crippen LogP contribution < -0.4 is 14.4 Å². The number of pyridine rings is 1. The zero-order chi connectivity index (χ0) is 19.9. The third kappa shape index (κ3) is 5.04. The summed E-state index contributed by atoms with van der Waals surface area (Å²) in [5, 5.41) is 0. The number of piperazine rings is 1. The van der Waals surface area contributed by atoms with E-state index in [4.69, 9.17) is 9.47 Å². The first-order valence-corrected chi connectivity index (χ1v) is 9.67. The smallest absolute Gasteiger partial charge is 0.260 e. The molecule has 0 unspecified atom stereocenters. The van der Waals surface area contributed by atoms with Crippen LogP contribution in [0.5, 0.6) is 17.4 Å². The van der Waals surface area contributed by atoms with Gasteiger partial charge in [-0.15, -0.1) is 0 Å². The molecule has 1 aliphatic heterocycles. The second kappa shape index (κ2) is 9.10. The highest BCUT2D eigenvalue weighted by atomic mass is 16.5. The molecule has 6 nitrogen and oxygen atoms in total. The Kier molecular flexibility index (Phi) is 5.90. The molecule has 0 spiro atoms. The quantitative estimate of drug-likeness (QED) is 0.645. The summed E-state index contributed by atoms with van der Waals surface area (Å²) in [5.74, 6) is 1.84. The predicted octanol–water partition coefficient (Wildman–Crippen LogP) is 3.60. The first-order chi connectivity index (χ1) is 14.3. The van der Waals surface area contributed by atoms with Gasteiger partial charge < -0.3 is 19.3 Å². The van der Waals surface area contributed by atoms with Crippen LogP contribution in [0.25, 0.3) is 0 Å². The molecule has 1 aromatic heterocycles. The topological polar surface area (TPSA) is 54.9 Å². The van der Waals surface area contributed by atoms with E-state index in [-0.39, 0.29) is 12.5 Å². The maximum atomic E-state index is 12.5. The second-order valence-electron chi connectivity index (χ2n) is 6.73. The van der Waals surface area contributed by atoms with Gasteiger partial charge in [0.15, 0.2) is 6.61 Å². The standard InChI is InChI=1S/C23H23N3O3/c27-23(26-16-14-25(15-17-26)19-6-2-1-3-7-19)18-28-20-9-11-21(12-10-20)29-22-8-4-5-13-24-22/h1-13H,14-18H2. The number of hydrogen-bond acceptors (Lipinski definition) is 5. The summed E-state index contributed by atoms with van der Waals surface area (Å²) in [6, 6.07) is 23.0. The summed E-state index contributed by atoms with van der Waals surface area (Å²) in [5.41, 5.74) is 1.20. The summed E-state index contributed by atoms with van der Waals surface area (Å²) >= 11 is 0. The highest BCUT2D eigenvalue weighted by molar-refractivity contribution is 5.78. The lowest BCUT2D eigenvalue weighted by molar-refractivity contribution is -0.133. The summed E-state index contributed by atoms with van der Waals surface area (Å²) in [4.78, 5) is 20.8. The van der Waals surface area contributed by atoms with Crippen LogP contribution in [0.4, 0.5) is 5.69 Å². The van der Waals surface area contributed by atoms with Crippen molar-refractivity contribution in [2.24, 2.45) is 0 Å². The van der Waals surface area contributed by atoms with Gasteiger partial charge in [-0.3, -0.25) is 4.79 Å². The first-order valence-electron chi connectivity index (χ1n) is 9.67. The van der Waals surface area contributed by atoms with Crippen molar-refractivity contribution in [1.82, 2.24) is 9.88 Å². The predicted molar refractivity (Wildman–Crippen MR) is 111 cm³/mol. The number of hydrogen-bond donors (Lipinski definition) is 0. The highest BCUT2D eigenvalue weighted by Gasteiger charge is 2.21. The van der Waals surface area contributed by atoms with Crippen molar-refractivity contribution in [1.29, 1.82) is 0 Å². The second-order valence-corrected chi connectivity index (χ2v) is 6.73. The number of para-hydroxylation sites is 1. The van der Waals surface area contributed by atoms with Gasteiger partial charge >= 0.3 is 0 Å². The molecule has 0 aliphatic carbocycles. The van der Waals surface area contributed by atoms with Crippen LogP contribution in [0, 0.1) is 0 Å². The Morgan fingerprint density at radius 2 is 1.52 bits per heavy atom. The largest absolute Gasteiger partial charge is 0.484 e. The normalized spacial score (nSPS) is 13.8. The molecule has 1 saturated heterocycles. The lowest BCUT2D eigenvalue weighted by Crippen LogP contribution is -2.50. The van der Waals surface area contributed by atoms with Gasteiger partial charge in [0.05, 0.1) is 0 Å². The van der Waals surface area contributed by atoms with Gasteiger partial charge in [0.2, 0.25) is 5.88 Å². The van der Waals surface area contributed by atoms with Gasteiger partial charge in [-0.2, -0.15) is 0 Å². The molecular formula is C23H23N3O3. The molecule has 1 amide bonds. The van der Waals surface area contributed by atoms with E-state index in [0.29, 0.717) is 30.5 Å². The minimum absolute atomic E-state index is 0.00604. The Labute approximate surface area is 170 Å². The van der Waals surface area contributed by atoms with Crippen molar-refractivity contribution in [2.45, 2.75) is 0 Å². The molecule has 0 bridgehead atoms. The maximum absolute atomic E-state index is 12.5. The SMILES string of the molecule is O=C(COc1ccc(Oc2ccccn2)cc1)N1CCN(c2ccccc2)CC1. The average Bonchev–Trinajstić information content (AvgIpc) is 2.80. The van der Waals surface area contributed by atoms with E-state index in [1.54, 1.807) is 36.5 Å². The summed E-state index contributed by atoms with van der Waals surface area (Å²) < 4.78 is 11.3. The number of benzene rings is 2. The molecule has 0 saturated carbocycles. The van der Waals surface area contributed by atoms with Crippen LogP contribution in [-0.4, -0.2) is 48.6 Å². The van der Waals surface area contributed by atoms with Crippen LogP contribution in [0.3, 0.4) is 0 Å². The number of nitrogens with zero attached hydrogens (tertiary/aromatic N) is 3. The lowest BCUT2D eigenvalue weighted by Gasteiger charge is -2.36. The first kappa shape index (κ1) is 18.8. The minimum Gasteiger partial charge on any atom is -0.484 e. The molecule has 3 aromatic rings. The van der Waals surface area contributed by atoms with Crippen molar-refractivity contribution >= 4 is 11.6 Å². The Hall–Kier alpha value is -3.54. The molecule has 4 rings (SSSR count). The van der Waals surface area contributed by atoms with Gasteiger partial charge in [-0.1, -0.05) is 24.3 Å². The number of amides is 1. The van der Waals surface area contributed by atoms with Gasteiger partial charge in [-0.25, -0.2) is 4.98 Å². The van der Waals surface area contributed by atoms with Crippen molar-refractivity contribution < 1.29 is 14.3 Å². The number of anilines is 1. The fourth-order valence-corrected chi connectivity index (χ4v) is 3.22. The van der Waals surface area contributed by atoms with Gasteiger partial charge in [-0.05, 0) is 42.5 Å². The van der Waals surface area contributed by atoms with Crippen LogP contribution in [0.15, 0.2) is 79.0 Å². The van der Waals surface area contributed by atoms with Crippen molar-refractivity contribution in [3.05, 3.63) is 79.0 Å². The van der Waals surface area contributed by atoms with Crippen molar-refractivity contribution in [2.75, 3.05) is 37.7 Å². The van der Waals surface area contributed by atoms with Gasteiger partial charge in [0, 0.05) is 44.1 Å². The van der Waals surface area contributed by atoms with E-state index in [9.17, 15) is 4.79 Å². The van der Waals surface area contributed by atoms with E-state index in [1.807, 2.05) is 35.2 Å². The minimum atomic E-state index is 0.00604. The fourth-order valence-electron chi connectivity index (χ4n) is 3.22. The van der Waals surface area contributed by atoms with Crippen LogP contribution >= 0.6 is 0 Å². The molecule has 0 radical (unpaired) electrons. The lowest BCUT2D eigenvalue weighted by atomic mass is 10.2. The number of rotatable bonds is 6. The third-order valence-electron chi connectivity index (χ3n) is 4.80. The van der Waals surface area contributed by atoms with E-state index >= 15 is 0 Å². The molecule has 0 N–H and O–H groups in total. The molecule has 2 heterocycles. The fraction of sp³-hybridized carbons (Fsp3) is 0.217. The van der Waals surface area contributed by atoms with Crippen LogP contribution in [0.1, 0.15) is 0 Å². The number of carbonyl (C=O) groups excluding carboxylic acids is 1. The zero-order valence-electron chi connectivity index (χ0n) is 16.1. The Morgan fingerprint density at radius 1 is 0.828 bits per heavy atom. The zero-order valence-corrected chi connectivity index (χ0v) is 16.1. The van der Waals surface area contributed by atoms with Crippen molar-refractivity contribution in [3.63, 3.8) is 0 Å². The maximum Gasteiger partial charge on any atom is 0.260 e. The molecule has 1 aliphatic rings. The molecule has 0 atom stereocenters. The number of ether oxygens (including phenoxy) is 2. The van der Waals surface area contributed by atoms with Crippen LogP contribution in [-0.2, 0) is 4.79 Å². The van der Waals surface area contributed by atoms with E-state index in [0.717, 1.165) is 13.1 Å². The summed E-state index contributed by atoms with van der Waals surface area (Å²) in [6.45, 7) is 3.10. The molecule has 148 valence electrons. The van der Waals surface area contributed by atoms with E-state index in [2.05, 4.69) is 22.0 Å². The van der Waals surface area contributed by atoms with E-state index < -0.39 is 0 Å². The Morgan fingerprint density at radius 3 is 2.21 bits per heavy atom. The molecule has 1 fully saturated rings. The third-order valence-corrected chi connectivity index (χ3v) is 4.80. The number of carbonyl (C=O) groups is 1. The Balaban J connectivity index is 1.23. The molecular weight excluding hydrogens is 366 g/mol. The molecule has 2 aromatic carbocycles. The van der Waals surface area contributed by atoms with Gasteiger partial charge in [0.1, 0.15) is 11.5 Å². The average molecular weight is 389 g/mol. The molecule has 29 heavy (non-hydrogen) atoms. The van der Waals surface area contributed by atoms with E-state index in [1.165, 1.54) is 5.69 Å².